The Kier molecular flexibility index (Phi) is 6.52. The summed E-state index contributed by atoms with van der Waals surface area (Å²) >= 11 is 1.70. The minimum absolute atomic E-state index is 0.0924. The molecule has 1 aromatic heterocycles. The zero-order valence-corrected chi connectivity index (χ0v) is 17.6. The SMILES string of the molecule is CCCC(=O)N1CCOC(Cc2ccc(-c3cccs3)cc2)(C(=O)N(C)C)C1. The standard InChI is InChI=1S/C22H28N2O3S/c1-4-6-20(25)24-12-13-27-22(16-24,21(26)23(2)3)15-17-8-10-18(11-9-17)19-7-5-14-28-19/h5,7-11,14H,4,6,12-13,15-16H2,1-3H3. The first-order valence-corrected chi connectivity index (χ1v) is 10.6. The summed E-state index contributed by atoms with van der Waals surface area (Å²) in [5.41, 5.74) is 1.16. The lowest BCUT2D eigenvalue weighted by Gasteiger charge is -2.43. The Balaban J connectivity index is 1.84. The van der Waals surface area contributed by atoms with Gasteiger partial charge in [-0.1, -0.05) is 37.3 Å². The van der Waals surface area contributed by atoms with Crippen molar-refractivity contribution in [1.29, 1.82) is 0 Å². The number of likely N-dealkylation sites (N-methyl/N-ethyl adjacent to an activating group) is 1. The molecule has 1 saturated heterocycles. The third kappa shape index (κ3) is 4.45. The summed E-state index contributed by atoms with van der Waals surface area (Å²) in [6.07, 6.45) is 1.75. The molecule has 0 spiro atoms. The fraction of sp³-hybridized carbons (Fsp3) is 0.455. The number of nitrogens with zero attached hydrogens (tertiary/aromatic N) is 2. The van der Waals surface area contributed by atoms with Gasteiger partial charge in [-0.15, -0.1) is 11.3 Å². The molecule has 6 heteroatoms. The first kappa shape index (κ1) is 20.6. The van der Waals surface area contributed by atoms with Gasteiger partial charge < -0.3 is 14.5 Å². The van der Waals surface area contributed by atoms with Gasteiger partial charge in [0.05, 0.1) is 13.2 Å². The molecule has 2 heterocycles. The third-order valence-corrected chi connectivity index (χ3v) is 5.97. The first-order valence-electron chi connectivity index (χ1n) is 9.71. The Morgan fingerprint density at radius 3 is 2.57 bits per heavy atom. The summed E-state index contributed by atoms with van der Waals surface area (Å²) in [4.78, 5) is 30.1. The number of amides is 2. The molecule has 150 valence electrons. The van der Waals surface area contributed by atoms with Crippen LogP contribution in [0.3, 0.4) is 0 Å². The summed E-state index contributed by atoms with van der Waals surface area (Å²) in [5.74, 6) is -0.00129. The normalized spacial score (nSPS) is 19.5. The highest BCUT2D eigenvalue weighted by atomic mass is 32.1. The number of carbonyl (C=O) groups excluding carboxylic acids is 2. The zero-order valence-electron chi connectivity index (χ0n) is 16.8. The van der Waals surface area contributed by atoms with Gasteiger partial charge in [0.25, 0.3) is 5.91 Å². The van der Waals surface area contributed by atoms with Crippen LogP contribution in [-0.2, 0) is 20.7 Å². The van der Waals surface area contributed by atoms with Crippen molar-refractivity contribution in [2.75, 3.05) is 33.8 Å². The van der Waals surface area contributed by atoms with Crippen molar-refractivity contribution in [1.82, 2.24) is 9.80 Å². The number of ether oxygens (including phenoxy) is 1. The summed E-state index contributed by atoms with van der Waals surface area (Å²) in [5, 5.41) is 2.06. The smallest absolute Gasteiger partial charge is 0.256 e. The van der Waals surface area contributed by atoms with Crippen LogP contribution in [0.25, 0.3) is 10.4 Å². The van der Waals surface area contributed by atoms with Crippen LogP contribution in [0, 0.1) is 0 Å². The van der Waals surface area contributed by atoms with Gasteiger partial charge in [0.2, 0.25) is 5.91 Å². The second-order valence-electron chi connectivity index (χ2n) is 7.46. The Bertz CT molecular complexity index is 802. The number of morpholine rings is 1. The molecule has 1 fully saturated rings. The van der Waals surface area contributed by atoms with Gasteiger partial charge in [0.1, 0.15) is 0 Å². The number of hydrogen-bond donors (Lipinski definition) is 0. The van der Waals surface area contributed by atoms with E-state index in [2.05, 4.69) is 35.7 Å². The summed E-state index contributed by atoms with van der Waals surface area (Å²) in [7, 11) is 3.47. The van der Waals surface area contributed by atoms with Crippen molar-refractivity contribution in [3.8, 4) is 10.4 Å². The van der Waals surface area contributed by atoms with Gasteiger partial charge in [0.15, 0.2) is 5.60 Å². The molecule has 0 saturated carbocycles. The van der Waals surface area contributed by atoms with Crippen LogP contribution < -0.4 is 0 Å². The topological polar surface area (TPSA) is 49.9 Å². The van der Waals surface area contributed by atoms with Crippen LogP contribution in [0.15, 0.2) is 41.8 Å². The van der Waals surface area contributed by atoms with E-state index in [1.165, 1.54) is 4.88 Å². The summed E-state index contributed by atoms with van der Waals surface area (Å²) in [6.45, 7) is 3.21. The van der Waals surface area contributed by atoms with Crippen LogP contribution >= 0.6 is 11.3 Å². The Morgan fingerprint density at radius 1 is 1.21 bits per heavy atom. The van der Waals surface area contributed by atoms with E-state index in [4.69, 9.17) is 4.74 Å². The molecule has 28 heavy (non-hydrogen) atoms. The van der Waals surface area contributed by atoms with Crippen molar-refractivity contribution in [2.24, 2.45) is 0 Å². The molecule has 2 aromatic rings. The van der Waals surface area contributed by atoms with Crippen LogP contribution in [0.1, 0.15) is 25.3 Å². The Labute approximate surface area is 170 Å². The van der Waals surface area contributed by atoms with Crippen molar-refractivity contribution >= 4 is 23.2 Å². The molecule has 1 aromatic carbocycles. The van der Waals surface area contributed by atoms with Crippen LogP contribution in [0.4, 0.5) is 0 Å². The van der Waals surface area contributed by atoms with E-state index in [9.17, 15) is 9.59 Å². The average molecular weight is 401 g/mol. The largest absolute Gasteiger partial charge is 0.361 e. The maximum absolute atomic E-state index is 13.1. The summed E-state index contributed by atoms with van der Waals surface area (Å²) < 4.78 is 6.07. The van der Waals surface area contributed by atoms with Gasteiger partial charge in [0, 0.05) is 38.4 Å². The van der Waals surface area contributed by atoms with E-state index in [0.29, 0.717) is 32.5 Å². The lowest BCUT2D eigenvalue weighted by atomic mass is 9.90. The molecule has 0 aliphatic carbocycles. The van der Waals surface area contributed by atoms with Crippen molar-refractivity contribution in [3.63, 3.8) is 0 Å². The maximum Gasteiger partial charge on any atom is 0.256 e. The number of thiophene rings is 1. The Morgan fingerprint density at radius 2 is 1.96 bits per heavy atom. The highest BCUT2D eigenvalue weighted by molar-refractivity contribution is 7.13. The molecule has 0 radical (unpaired) electrons. The Hall–Kier alpha value is -2.18. The molecule has 1 aliphatic heterocycles. The monoisotopic (exact) mass is 400 g/mol. The van der Waals surface area contributed by atoms with E-state index in [0.717, 1.165) is 17.5 Å². The molecule has 0 N–H and O–H groups in total. The molecule has 1 unspecified atom stereocenters. The van der Waals surface area contributed by atoms with Crippen molar-refractivity contribution < 1.29 is 14.3 Å². The first-order chi connectivity index (χ1) is 13.4. The number of hydrogen-bond acceptors (Lipinski definition) is 4. The van der Waals surface area contributed by atoms with Crippen molar-refractivity contribution in [3.05, 3.63) is 47.3 Å². The van der Waals surface area contributed by atoms with E-state index >= 15 is 0 Å². The predicted molar refractivity (Wildman–Crippen MR) is 112 cm³/mol. The molecule has 2 amide bonds. The highest BCUT2D eigenvalue weighted by Crippen LogP contribution is 2.29. The molecule has 3 rings (SSSR count). The number of carbonyl (C=O) groups is 2. The quantitative estimate of drug-likeness (QED) is 0.746. The zero-order chi connectivity index (χ0) is 20.1. The van der Waals surface area contributed by atoms with Gasteiger partial charge >= 0.3 is 0 Å². The predicted octanol–water partition coefficient (Wildman–Crippen LogP) is 3.44. The molecular weight excluding hydrogens is 372 g/mol. The number of benzene rings is 1. The van der Waals surface area contributed by atoms with Gasteiger partial charge in [-0.25, -0.2) is 0 Å². The van der Waals surface area contributed by atoms with Crippen LogP contribution in [-0.4, -0.2) is 61.0 Å². The molecular formula is C22H28N2O3S. The minimum Gasteiger partial charge on any atom is -0.361 e. The minimum atomic E-state index is -1.03. The van der Waals surface area contributed by atoms with Crippen LogP contribution in [0.2, 0.25) is 0 Å². The van der Waals surface area contributed by atoms with Gasteiger partial charge in [-0.05, 0) is 29.0 Å². The van der Waals surface area contributed by atoms with E-state index in [-0.39, 0.29) is 11.8 Å². The number of rotatable bonds is 6. The third-order valence-electron chi connectivity index (χ3n) is 5.05. The fourth-order valence-electron chi connectivity index (χ4n) is 3.65. The van der Waals surface area contributed by atoms with Gasteiger partial charge in [-0.3, -0.25) is 9.59 Å². The van der Waals surface area contributed by atoms with E-state index < -0.39 is 5.60 Å². The lowest BCUT2D eigenvalue weighted by molar-refractivity contribution is -0.172. The molecule has 0 bridgehead atoms. The molecule has 5 nitrogen and oxygen atoms in total. The molecule has 1 atom stereocenters. The fourth-order valence-corrected chi connectivity index (χ4v) is 4.38. The second-order valence-corrected chi connectivity index (χ2v) is 8.41. The average Bonchev–Trinajstić information content (AvgIpc) is 3.23. The maximum atomic E-state index is 13.1. The molecule has 1 aliphatic rings. The van der Waals surface area contributed by atoms with Crippen LogP contribution in [0.5, 0.6) is 0 Å². The van der Waals surface area contributed by atoms with E-state index in [1.54, 1.807) is 35.2 Å². The second kappa shape index (κ2) is 8.88. The lowest BCUT2D eigenvalue weighted by Crippen LogP contribution is -2.61. The van der Waals surface area contributed by atoms with E-state index in [1.807, 2.05) is 13.0 Å². The van der Waals surface area contributed by atoms with Crippen molar-refractivity contribution in [2.45, 2.75) is 31.8 Å². The van der Waals surface area contributed by atoms with Gasteiger partial charge in [-0.2, -0.15) is 0 Å². The summed E-state index contributed by atoms with van der Waals surface area (Å²) in [6, 6.07) is 12.4. The highest BCUT2D eigenvalue weighted by Gasteiger charge is 2.45.